The molecule has 0 aromatic carbocycles. The molecular weight excluding hydrogens is 308 g/mol. The van der Waals surface area contributed by atoms with Crippen molar-refractivity contribution >= 4 is 17.8 Å². The number of amides is 2. The van der Waals surface area contributed by atoms with Crippen LogP contribution in [-0.4, -0.2) is 29.4 Å². The Hall–Kier alpha value is -1.59. The molecule has 0 bridgehead atoms. The fourth-order valence-corrected chi connectivity index (χ4v) is 3.55. The number of aliphatic carboxylic acids is 1. The van der Waals surface area contributed by atoms with Gasteiger partial charge in [-0.15, -0.1) is 0 Å². The van der Waals surface area contributed by atoms with Crippen molar-refractivity contribution < 1.29 is 19.5 Å². The van der Waals surface area contributed by atoms with Gasteiger partial charge in [0.2, 0.25) is 11.8 Å². The molecule has 0 spiro atoms. The highest BCUT2D eigenvalue weighted by molar-refractivity contribution is 5.83. The molecule has 2 amide bonds. The van der Waals surface area contributed by atoms with E-state index in [1.54, 1.807) is 0 Å². The average molecular weight is 340 g/mol. The molecule has 2 rings (SSSR count). The van der Waals surface area contributed by atoms with Gasteiger partial charge in [0.15, 0.2) is 0 Å². The first kappa shape index (κ1) is 20.5. The normalized spacial score (nSPS) is 19.0. The summed E-state index contributed by atoms with van der Waals surface area (Å²) in [4.78, 5) is 32.0. The molecule has 0 saturated heterocycles. The van der Waals surface area contributed by atoms with Crippen molar-refractivity contribution in [3.63, 3.8) is 0 Å². The maximum absolute atomic E-state index is 11.3. The van der Waals surface area contributed by atoms with Crippen LogP contribution in [0.1, 0.15) is 77.0 Å². The summed E-state index contributed by atoms with van der Waals surface area (Å²) in [7, 11) is 0. The second-order valence-electron chi connectivity index (χ2n) is 7.05. The fraction of sp³-hybridized carbons (Fsp3) is 0.833. The molecular formula is C18H32N2O4. The van der Waals surface area contributed by atoms with Crippen LogP contribution in [0.3, 0.4) is 0 Å². The predicted molar refractivity (Wildman–Crippen MR) is 92.2 cm³/mol. The Balaban J connectivity index is 0.000000254. The summed E-state index contributed by atoms with van der Waals surface area (Å²) >= 11 is 0. The zero-order chi connectivity index (χ0) is 17.8. The van der Waals surface area contributed by atoms with E-state index >= 15 is 0 Å². The van der Waals surface area contributed by atoms with Gasteiger partial charge in [-0.25, -0.2) is 0 Å². The topological polar surface area (TPSA) is 109 Å². The molecule has 0 aromatic rings. The monoisotopic (exact) mass is 340 g/mol. The van der Waals surface area contributed by atoms with Crippen molar-refractivity contribution in [1.29, 1.82) is 0 Å². The molecule has 2 saturated carbocycles. The van der Waals surface area contributed by atoms with E-state index in [-0.39, 0.29) is 12.5 Å². The number of nitrogens with two attached hydrogens (primary N) is 1. The van der Waals surface area contributed by atoms with Crippen molar-refractivity contribution in [3.8, 4) is 0 Å². The molecule has 0 aromatic heterocycles. The zero-order valence-electron chi connectivity index (χ0n) is 14.6. The maximum atomic E-state index is 11.3. The fourth-order valence-electron chi connectivity index (χ4n) is 3.55. The molecule has 2 aliphatic rings. The molecule has 0 aliphatic heterocycles. The summed E-state index contributed by atoms with van der Waals surface area (Å²) in [6, 6.07) is 0. The summed E-state index contributed by atoms with van der Waals surface area (Å²) in [6.45, 7) is -0.0362. The number of carbonyl (C=O) groups excluding carboxylic acids is 2. The Morgan fingerprint density at radius 3 is 1.71 bits per heavy atom. The highest BCUT2D eigenvalue weighted by Crippen LogP contribution is 2.26. The average Bonchev–Trinajstić information content (AvgIpc) is 2.55. The van der Waals surface area contributed by atoms with E-state index in [1.165, 1.54) is 38.5 Å². The van der Waals surface area contributed by atoms with Gasteiger partial charge < -0.3 is 16.2 Å². The smallest absolute Gasteiger partial charge is 0.303 e. The lowest BCUT2D eigenvalue weighted by molar-refractivity contribution is -0.138. The van der Waals surface area contributed by atoms with Crippen LogP contribution in [-0.2, 0) is 14.4 Å². The third kappa shape index (κ3) is 10.2. The van der Waals surface area contributed by atoms with Crippen LogP contribution in [0.5, 0.6) is 0 Å². The van der Waals surface area contributed by atoms with Crippen LogP contribution < -0.4 is 11.1 Å². The Bertz CT molecular complexity index is 400. The highest BCUT2D eigenvalue weighted by atomic mass is 16.4. The molecule has 0 unspecified atom stereocenters. The first-order valence-electron chi connectivity index (χ1n) is 9.24. The van der Waals surface area contributed by atoms with Crippen LogP contribution in [0.15, 0.2) is 0 Å². The van der Waals surface area contributed by atoms with Crippen molar-refractivity contribution in [2.45, 2.75) is 77.0 Å². The van der Waals surface area contributed by atoms with Crippen LogP contribution in [0, 0.1) is 11.8 Å². The lowest BCUT2D eigenvalue weighted by Gasteiger charge is -2.20. The molecule has 2 aliphatic carbocycles. The first-order chi connectivity index (χ1) is 11.5. The second-order valence-corrected chi connectivity index (χ2v) is 7.05. The molecule has 2 fully saturated rings. The molecule has 4 N–H and O–H groups in total. The molecule has 0 heterocycles. The number of rotatable bonds is 6. The summed E-state index contributed by atoms with van der Waals surface area (Å²) in [5.74, 6) is -0.174. The van der Waals surface area contributed by atoms with E-state index in [0.29, 0.717) is 24.7 Å². The Kier molecular flexibility index (Phi) is 10.1. The highest BCUT2D eigenvalue weighted by Gasteiger charge is 2.17. The van der Waals surface area contributed by atoms with Gasteiger partial charge in [0, 0.05) is 12.8 Å². The number of hydrogen-bond donors (Lipinski definition) is 3. The number of hydrogen-bond acceptors (Lipinski definition) is 3. The molecule has 24 heavy (non-hydrogen) atoms. The zero-order valence-corrected chi connectivity index (χ0v) is 14.6. The predicted octanol–water partition coefficient (Wildman–Crippen LogP) is 2.60. The van der Waals surface area contributed by atoms with E-state index in [0.717, 1.165) is 25.7 Å². The van der Waals surface area contributed by atoms with E-state index < -0.39 is 11.9 Å². The molecule has 138 valence electrons. The number of primary amides is 1. The van der Waals surface area contributed by atoms with Crippen molar-refractivity contribution in [2.75, 3.05) is 6.54 Å². The third-order valence-electron chi connectivity index (χ3n) is 4.85. The van der Waals surface area contributed by atoms with Gasteiger partial charge in [-0.3, -0.25) is 14.4 Å². The number of carboxylic acids is 1. The Morgan fingerprint density at radius 2 is 1.29 bits per heavy atom. The number of nitrogens with one attached hydrogen (secondary N) is 1. The quantitative estimate of drug-likeness (QED) is 0.690. The van der Waals surface area contributed by atoms with Crippen molar-refractivity contribution in [2.24, 2.45) is 17.6 Å². The largest absolute Gasteiger partial charge is 0.481 e. The van der Waals surface area contributed by atoms with Gasteiger partial charge in [-0.1, -0.05) is 38.5 Å². The number of carbonyl (C=O) groups is 3. The van der Waals surface area contributed by atoms with Crippen LogP contribution >= 0.6 is 0 Å². The second kappa shape index (κ2) is 11.9. The van der Waals surface area contributed by atoms with Crippen LogP contribution in [0.4, 0.5) is 0 Å². The molecule has 0 atom stereocenters. The summed E-state index contributed by atoms with van der Waals surface area (Å²) in [6.07, 6.45) is 13.0. The minimum Gasteiger partial charge on any atom is -0.481 e. The van der Waals surface area contributed by atoms with Gasteiger partial charge >= 0.3 is 5.97 Å². The van der Waals surface area contributed by atoms with E-state index in [4.69, 9.17) is 10.8 Å². The van der Waals surface area contributed by atoms with Crippen molar-refractivity contribution in [3.05, 3.63) is 0 Å². The van der Waals surface area contributed by atoms with Crippen LogP contribution in [0.25, 0.3) is 0 Å². The maximum Gasteiger partial charge on any atom is 0.303 e. The summed E-state index contributed by atoms with van der Waals surface area (Å²) in [5, 5.41) is 11.0. The number of carboxylic acid groups (broad SMARTS) is 1. The Morgan fingerprint density at radius 1 is 0.833 bits per heavy atom. The van der Waals surface area contributed by atoms with E-state index in [9.17, 15) is 14.4 Å². The van der Waals surface area contributed by atoms with Gasteiger partial charge in [0.25, 0.3) is 0 Å². The summed E-state index contributed by atoms with van der Waals surface area (Å²) < 4.78 is 0. The van der Waals surface area contributed by atoms with Crippen molar-refractivity contribution in [1.82, 2.24) is 5.32 Å². The first-order valence-corrected chi connectivity index (χ1v) is 9.24. The third-order valence-corrected chi connectivity index (χ3v) is 4.85. The van der Waals surface area contributed by atoms with E-state index in [1.807, 2.05) is 0 Å². The van der Waals surface area contributed by atoms with Crippen LogP contribution in [0.2, 0.25) is 0 Å². The standard InChI is InChI=1S/C10H18N2O2.C8H14O2/c11-9(13)7-12-10(14)6-8-4-2-1-3-5-8;9-8(10)6-7-4-2-1-3-5-7/h8H,1-7H2,(H2,11,13)(H,12,14);7H,1-6H2,(H,9,10). The van der Waals surface area contributed by atoms with Gasteiger partial charge in [-0.05, 0) is 37.5 Å². The minimum atomic E-state index is -0.632. The van der Waals surface area contributed by atoms with Gasteiger partial charge in [0.05, 0.1) is 6.54 Å². The van der Waals surface area contributed by atoms with Gasteiger partial charge in [0.1, 0.15) is 0 Å². The summed E-state index contributed by atoms with van der Waals surface area (Å²) in [5.41, 5.74) is 4.92. The lowest BCUT2D eigenvalue weighted by atomic mass is 9.87. The molecule has 6 nitrogen and oxygen atoms in total. The molecule has 6 heteroatoms. The van der Waals surface area contributed by atoms with E-state index in [2.05, 4.69) is 5.32 Å². The molecule has 0 radical (unpaired) electrons. The lowest BCUT2D eigenvalue weighted by Crippen LogP contribution is -2.34. The SMILES string of the molecule is NC(=O)CNC(=O)CC1CCCCC1.O=C(O)CC1CCCCC1. The van der Waals surface area contributed by atoms with Gasteiger partial charge in [-0.2, -0.15) is 0 Å². The Labute approximate surface area is 144 Å². The minimum absolute atomic E-state index is 0.0362.